The number of rotatable bonds is 4. The summed E-state index contributed by atoms with van der Waals surface area (Å²) in [7, 11) is 0. The van der Waals surface area contributed by atoms with Crippen molar-refractivity contribution in [2.75, 3.05) is 6.54 Å². The molecule has 0 radical (unpaired) electrons. The molecule has 2 aliphatic carbocycles. The maximum atomic E-state index is 12.2. The Labute approximate surface area is 112 Å². The van der Waals surface area contributed by atoms with Crippen LogP contribution in [0.25, 0.3) is 0 Å². The minimum atomic E-state index is -0.124. The van der Waals surface area contributed by atoms with Crippen molar-refractivity contribution in [3.05, 3.63) is 17.5 Å². The van der Waals surface area contributed by atoms with Crippen LogP contribution in [-0.2, 0) is 0 Å². The van der Waals surface area contributed by atoms with Gasteiger partial charge in [0.1, 0.15) is 5.76 Å². The monoisotopic (exact) mass is 263 g/mol. The van der Waals surface area contributed by atoms with Gasteiger partial charge in [0.05, 0.1) is 0 Å². The topological polar surface area (TPSA) is 81.1 Å². The van der Waals surface area contributed by atoms with Crippen LogP contribution in [0.4, 0.5) is 0 Å². The first-order chi connectivity index (χ1) is 9.28. The summed E-state index contributed by atoms with van der Waals surface area (Å²) in [6, 6.07) is 1.97. The summed E-state index contributed by atoms with van der Waals surface area (Å²) in [4.78, 5) is 12.2. The van der Waals surface area contributed by atoms with Gasteiger partial charge < -0.3 is 15.6 Å². The molecule has 2 aliphatic rings. The van der Waals surface area contributed by atoms with Crippen molar-refractivity contribution in [3.63, 3.8) is 0 Å². The molecule has 3 rings (SSSR count). The van der Waals surface area contributed by atoms with Gasteiger partial charge in [-0.25, -0.2) is 0 Å². The third-order valence-electron chi connectivity index (χ3n) is 4.27. The summed E-state index contributed by atoms with van der Waals surface area (Å²) in [5.41, 5.74) is 6.18. The molecule has 2 fully saturated rings. The Morgan fingerprint density at radius 1 is 1.37 bits per heavy atom. The van der Waals surface area contributed by atoms with E-state index in [-0.39, 0.29) is 11.9 Å². The molecule has 0 aromatic carbocycles. The van der Waals surface area contributed by atoms with Gasteiger partial charge in [0.25, 0.3) is 5.91 Å². The standard InChI is InChI=1S/C14H21N3O2/c15-8-10-3-1-2-4-11(10)16-14(18)12-7-13(19-17-12)9-5-6-9/h7,9-11H,1-6,8,15H2,(H,16,18). The van der Waals surface area contributed by atoms with Gasteiger partial charge in [0.2, 0.25) is 0 Å². The first-order valence-corrected chi connectivity index (χ1v) is 7.25. The highest BCUT2D eigenvalue weighted by Crippen LogP contribution is 2.40. The summed E-state index contributed by atoms with van der Waals surface area (Å²) < 4.78 is 5.22. The van der Waals surface area contributed by atoms with E-state index in [1.54, 1.807) is 6.07 Å². The highest BCUT2D eigenvalue weighted by Gasteiger charge is 2.30. The second-order valence-corrected chi connectivity index (χ2v) is 5.75. The molecule has 0 bridgehead atoms. The van der Waals surface area contributed by atoms with Crippen molar-refractivity contribution >= 4 is 5.91 Å². The second-order valence-electron chi connectivity index (χ2n) is 5.75. The molecule has 0 saturated heterocycles. The number of amides is 1. The Bertz CT molecular complexity index is 453. The van der Waals surface area contributed by atoms with Crippen LogP contribution in [0, 0.1) is 5.92 Å². The van der Waals surface area contributed by atoms with E-state index >= 15 is 0 Å². The Hall–Kier alpha value is -1.36. The van der Waals surface area contributed by atoms with E-state index in [0.29, 0.717) is 24.1 Å². The van der Waals surface area contributed by atoms with Gasteiger partial charge in [-0.15, -0.1) is 0 Å². The number of nitrogens with one attached hydrogen (secondary N) is 1. The van der Waals surface area contributed by atoms with E-state index in [0.717, 1.165) is 37.9 Å². The maximum Gasteiger partial charge on any atom is 0.273 e. The molecule has 2 atom stereocenters. The Balaban J connectivity index is 1.62. The quantitative estimate of drug-likeness (QED) is 0.868. The molecule has 0 aliphatic heterocycles. The van der Waals surface area contributed by atoms with Crippen LogP contribution >= 0.6 is 0 Å². The van der Waals surface area contributed by atoms with Gasteiger partial charge in [-0.2, -0.15) is 0 Å². The predicted molar refractivity (Wildman–Crippen MR) is 70.7 cm³/mol. The number of hydrogen-bond acceptors (Lipinski definition) is 4. The van der Waals surface area contributed by atoms with Crippen molar-refractivity contribution in [2.24, 2.45) is 11.7 Å². The van der Waals surface area contributed by atoms with E-state index in [1.807, 2.05) is 0 Å². The van der Waals surface area contributed by atoms with E-state index in [4.69, 9.17) is 10.3 Å². The minimum Gasteiger partial charge on any atom is -0.360 e. The molecule has 0 spiro atoms. The minimum absolute atomic E-state index is 0.124. The van der Waals surface area contributed by atoms with Crippen LogP contribution in [0.3, 0.4) is 0 Å². The summed E-state index contributed by atoms with van der Waals surface area (Å²) in [5.74, 6) is 1.61. The molecule has 1 aromatic rings. The molecule has 3 N–H and O–H groups in total. The molecular weight excluding hydrogens is 242 g/mol. The van der Waals surface area contributed by atoms with Gasteiger partial charge in [-0.05, 0) is 38.1 Å². The fourth-order valence-corrected chi connectivity index (χ4v) is 2.88. The highest BCUT2D eigenvalue weighted by molar-refractivity contribution is 5.92. The average Bonchev–Trinajstić information content (AvgIpc) is 3.17. The van der Waals surface area contributed by atoms with Gasteiger partial charge in [0.15, 0.2) is 5.69 Å². The fraction of sp³-hybridized carbons (Fsp3) is 0.714. The van der Waals surface area contributed by atoms with Crippen LogP contribution in [0.15, 0.2) is 10.6 Å². The lowest BCUT2D eigenvalue weighted by molar-refractivity contribution is 0.0898. The lowest BCUT2D eigenvalue weighted by atomic mass is 9.84. The van der Waals surface area contributed by atoms with E-state index in [2.05, 4.69) is 10.5 Å². The summed E-state index contributed by atoms with van der Waals surface area (Å²) >= 11 is 0. The molecule has 104 valence electrons. The fourth-order valence-electron chi connectivity index (χ4n) is 2.88. The van der Waals surface area contributed by atoms with Crippen molar-refractivity contribution in [1.82, 2.24) is 10.5 Å². The summed E-state index contributed by atoms with van der Waals surface area (Å²) in [5, 5.41) is 6.94. The second kappa shape index (κ2) is 5.33. The normalized spacial score (nSPS) is 27.2. The molecule has 1 heterocycles. The van der Waals surface area contributed by atoms with E-state index in [1.165, 1.54) is 6.42 Å². The van der Waals surface area contributed by atoms with Gasteiger partial charge in [0, 0.05) is 18.0 Å². The van der Waals surface area contributed by atoms with E-state index < -0.39 is 0 Å². The first kappa shape index (κ1) is 12.7. The first-order valence-electron chi connectivity index (χ1n) is 7.25. The lowest BCUT2D eigenvalue weighted by Crippen LogP contribution is -2.44. The highest BCUT2D eigenvalue weighted by atomic mass is 16.5. The number of carbonyl (C=O) groups excluding carboxylic acids is 1. The lowest BCUT2D eigenvalue weighted by Gasteiger charge is -2.30. The van der Waals surface area contributed by atoms with Crippen molar-refractivity contribution < 1.29 is 9.32 Å². The molecule has 2 unspecified atom stereocenters. The van der Waals surface area contributed by atoms with Crippen LogP contribution in [-0.4, -0.2) is 23.7 Å². The number of hydrogen-bond donors (Lipinski definition) is 2. The number of carbonyl (C=O) groups is 1. The summed E-state index contributed by atoms with van der Waals surface area (Å²) in [6.45, 7) is 0.636. The van der Waals surface area contributed by atoms with Gasteiger partial charge >= 0.3 is 0 Å². The molecule has 19 heavy (non-hydrogen) atoms. The predicted octanol–water partition coefficient (Wildman–Crippen LogP) is 1.80. The zero-order valence-electron chi connectivity index (χ0n) is 11.1. The molecule has 5 heteroatoms. The van der Waals surface area contributed by atoms with Crippen LogP contribution in [0.5, 0.6) is 0 Å². The van der Waals surface area contributed by atoms with Crippen molar-refractivity contribution in [2.45, 2.75) is 50.5 Å². The van der Waals surface area contributed by atoms with Crippen molar-refractivity contribution in [3.8, 4) is 0 Å². The Morgan fingerprint density at radius 3 is 2.89 bits per heavy atom. The number of nitrogens with two attached hydrogens (primary N) is 1. The van der Waals surface area contributed by atoms with Crippen molar-refractivity contribution in [1.29, 1.82) is 0 Å². The molecular formula is C14H21N3O2. The zero-order valence-corrected chi connectivity index (χ0v) is 11.1. The van der Waals surface area contributed by atoms with Gasteiger partial charge in [-0.3, -0.25) is 4.79 Å². The molecule has 1 amide bonds. The van der Waals surface area contributed by atoms with Crippen LogP contribution in [0.2, 0.25) is 0 Å². The zero-order chi connectivity index (χ0) is 13.2. The molecule has 2 saturated carbocycles. The molecule has 5 nitrogen and oxygen atoms in total. The maximum absolute atomic E-state index is 12.2. The van der Waals surface area contributed by atoms with Crippen LogP contribution in [0.1, 0.15) is 60.7 Å². The van der Waals surface area contributed by atoms with E-state index in [9.17, 15) is 4.79 Å². The third kappa shape index (κ3) is 2.81. The third-order valence-corrected chi connectivity index (χ3v) is 4.27. The number of aromatic nitrogens is 1. The summed E-state index contributed by atoms with van der Waals surface area (Å²) in [6.07, 6.45) is 6.79. The Kier molecular flexibility index (Phi) is 3.55. The number of nitrogens with zero attached hydrogens (tertiary/aromatic N) is 1. The largest absolute Gasteiger partial charge is 0.360 e. The Morgan fingerprint density at radius 2 is 2.16 bits per heavy atom. The molecule has 1 aromatic heterocycles. The van der Waals surface area contributed by atoms with Crippen LogP contribution < -0.4 is 11.1 Å². The van der Waals surface area contributed by atoms with Gasteiger partial charge in [-0.1, -0.05) is 18.0 Å². The smallest absolute Gasteiger partial charge is 0.273 e. The average molecular weight is 263 g/mol. The SMILES string of the molecule is NCC1CCCCC1NC(=O)c1cc(C2CC2)on1.